The fourth-order valence-corrected chi connectivity index (χ4v) is 0.921. The molecule has 0 aromatic heterocycles. The monoisotopic (exact) mass is 154 g/mol. The van der Waals surface area contributed by atoms with Crippen molar-refractivity contribution in [2.24, 2.45) is 5.41 Å². The molecule has 0 aliphatic rings. The van der Waals surface area contributed by atoms with Crippen LogP contribution >= 0.6 is 0 Å². The number of hydrogen-bond donors (Lipinski definition) is 1. The van der Waals surface area contributed by atoms with Gasteiger partial charge in [0.25, 0.3) is 0 Å². The number of aliphatic hydroxyl groups is 1. The van der Waals surface area contributed by atoms with Crippen LogP contribution in [0.5, 0.6) is 0 Å². The highest BCUT2D eigenvalue weighted by molar-refractivity contribution is 5.60. The van der Waals surface area contributed by atoms with E-state index in [-0.39, 0.29) is 6.61 Å². The third-order valence-electron chi connectivity index (χ3n) is 1.67. The first kappa shape index (κ1) is 10.1. The summed E-state index contributed by atoms with van der Waals surface area (Å²) in [6, 6.07) is 0. The van der Waals surface area contributed by atoms with Crippen molar-refractivity contribution < 1.29 is 9.90 Å². The third kappa shape index (κ3) is 2.68. The van der Waals surface area contributed by atoms with E-state index >= 15 is 0 Å². The van der Waals surface area contributed by atoms with Crippen molar-refractivity contribution in [1.29, 1.82) is 0 Å². The molecule has 1 N–H and O–H groups in total. The van der Waals surface area contributed by atoms with E-state index in [1.165, 1.54) is 0 Å². The van der Waals surface area contributed by atoms with Crippen LogP contribution in [0.1, 0.15) is 12.8 Å². The molecule has 0 saturated carbocycles. The normalized spacial score (nSPS) is 10.6. The third-order valence-corrected chi connectivity index (χ3v) is 1.67. The predicted molar refractivity (Wildman–Crippen MR) is 45.2 cm³/mol. The second-order valence-electron chi connectivity index (χ2n) is 2.62. The van der Waals surface area contributed by atoms with Crippen LogP contribution in [-0.4, -0.2) is 18.0 Å². The van der Waals surface area contributed by atoms with Crippen LogP contribution in [0.15, 0.2) is 25.3 Å². The summed E-state index contributed by atoms with van der Waals surface area (Å²) in [4.78, 5) is 10.6. The molecule has 0 fully saturated rings. The van der Waals surface area contributed by atoms with Gasteiger partial charge in [-0.25, -0.2) is 0 Å². The summed E-state index contributed by atoms with van der Waals surface area (Å²) < 4.78 is 0. The lowest BCUT2D eigenvalue weighted by Crippen LogP contribution is -2.25. The highest BCUT2D eigenvalue weighted by Crippen LogP contribution is 2.23. The standard InChI is InChI=1S/C9H14O2/c1-3-5-9(7-10,8-11)6-4-2/h3-4,7,11H,1-2,5-6,8H2. The molecular weight excluding hydrogens is 140 g/mol. The Kier molecular flexibility index (Phi) is 4.46. The largest absolute Gasteiger partial charge is 0.395 e. The van der Waals surface area contributed by atoms with Gasteiger partial charge in [-0.15, -0.1) is 13.2 Å². The number of rotatable bonds is 6. The molecule has 0 bridgehead atoms. The summed E-state index contributed by atoms with van der Waals surface area (Å²) in [6.45, 7) is 6.89. The van der Waals surface area contributed by atoms with Crippen LogP contribution < -0.4 is 0 Å². The van der Waals surface area contributed by atoms with E-state index in [0.29, 0.717) is 12.8 Å². The SMILES string of the molecule is C=CCC(C=O)(CO)CC=C. The molecule has 0 saturated heterocycles. The summed E-state index contributed by atoms with van der Waals surface area (Å²) in [6.07, 6.45) is 5.04. The smallest absolute Gasteiger partial charge is 0.129 e. The molecule has 62 valence electrons. The molecule has 0 heterocycles. The van der Waals surface area contributed by atoms with Crippen LogP contribution in [0.2, 0.25) is 0 Å². The van der Waals surface area contributed by atoms with E-state index in [1.54, 1.807) is 12.2 Å². The molecule has 0 aliphatic heterocycles. The van der Waals surface area contributed by atoms with E-state index in [2.05, 4.69) is 13.2 Å². The van der Waals surface area contributed by atoms with E-state index in [0.717, 1.165) is 6.29 Å². The van der Waals surface area contributed by atoms with Crippen molar-refractivity contribution in [3.8, 4) is 0 Å². The van der Waals surface area contributed by atoms with Gasteiger partial charge in [0.1, 0.15) is 6.29 Å². The lowest BCUT2D eigenvalue weighted by atomic mass is 9.84. The van der Waals surface area contributed by atoms with Gasteiger partial charge < -0.3 is 9.90 Å². The fraction of sp³-hybridized carbons (Fsp3) is 0.444. The number of carbonyl (C=O) groups is 1. The maximum Gasteiger partial charge on any atom is 0.129 e. The maximum atomic E-state index is 10.6. The zero-order valence-corrected chi connectivity index (χ0v) is 6.62. The molecule has 0 amide bonds. The molecule has 0 aromatic rings. The zero-order valence-electron chi connectivity index (χ0n) is 6.62. The van der Waals surface area contributed by atoms with Gasteiger partial charge in [0.2, 0.25) is 0 Å². The Balaban J connectivity index is 4.29. The number of carbonyl (C=O) groups excluding carboxylic acids is 1. The zero-order chi connectivity index (χ0) is 8.74. The van der Waals surface area contributed by atoms with Crippen LogP contribution in [0.3, 0.4) is 0 Å². The molecule has 0 atom stereocenters. The minimum absolute atomic E-state index is 0.144. The maximum absolute atomic E-state index is 10.6. The number of aliphatic hydroxyl groups excluding tert-OH is 1. The minimum Gasteiger partial charge on any atom is -0.395 e. The van der Waals surface area contributed by atoms with Gasteiger partial charge in [-0.3, -0.25) is 0 Å². The van der Waals surface area contributed by atoms with Crippen LogP contribution in [-0.2, 0) is 4.79 Å². The Bertz CT molecular complexity index is 140. The summed E-state index contributed by atoms with van der Waals surface area (Å²) in [5.41, 5.74) is -0.677. The van der Waals surface area contributed by atoms with Gasteiger partial charge in [0.05, 0.1) is 12.0 Å². The quantitative estimate of drug-likeness (QED) is 0.462. The molecule has 0 spiro atoms. The van der Waals surface area contributed by atoms with Crippen molar-refractivity contribution in [3.05, 3.63) is 25.3 Å². The van der Waals surface area contributed by atoms with E-state index in [1.807, 2.05) is 0 Å². The second-order valence-corrected chi connectivity index (χ2v) is 2.62. The number of aldehydes is 1. The van der Waals surface area contributed by atoms with Crippen molar-refractivity contribution in [1.82, 2.24) is 0 Å². The van der Waals surface area contributed by atoms with Gasteiger partial charge in [0, 0.05) is 0 Å². The Hall–Kier alpha value is -0.890. The van der Waals surface area contributed by atoms with Crippen LogP contribution in [0, 0.1) is 5.41 Å². The van der Waals surface area contributed by atoms with Crippen molar-refractivity contribution in [2.45, 2.75) is 12.8 Å². The fourth-order valence-electron chi connectivity index (χ4n) is 0.921. The van der Waals surface area contributed by atoms with Crippen LogP contribution in [0.25, 0.3) is 0 Å². The first-order valence-corrected chi connectivity index (χ1v) is 3.53. The first-order chi connectivity index (χ1) is 5.24. The Labute approximate surface area is 67.2 Å². The first-order valence-electron chi connectivity index (χ1n) is 3.53. The van der Waals surface area contributed by atoms with Gasteiger partial charge in [0.15, 0.2) is 0 Å². The Morgan fingerprint density at radius 2 is 1.73 bits per heavy atom. The topological polar surface area (TPSA) is 37.3 Å². The molecule has 2 nitrogen and oxygen atoms in total. The molecule has 0 unspecified atom stereocenters. The van der Waals surface area contributed by atoms with E-state index in [9.17, 15) is 4.79 Å². The summed E-state index contributed by atoms with van der Waals surface area (Å²) in [7, 11) is 0. The predicted octanol–water partition coefficient (Wildman–Crippen LogP) is 1.32. The molecule has 11 heavy (non-hydrogen) atoms. The highest BCUT2D eigenvalue weighted by atomic mass is 16.3. The van der Waals surface area contributed by atoms with Gasteiger partial charge in [-0.2, -0.15) is 0 Å². The van der Waals surface area contributed by atoms with Gasteiger partial charge in [-0.05, 0) is 12.8 Å². The Morgan fingerprint density at radius 3 is 1.91 bits per heavy atom. The molecule has 0 aliphatic carbocycles. The molecule has 0 radical (unpaired) electrons. The van der Waals surface area contributed by atoms with Gasteiger partial charge in [-0.1, -0.05) is 12.2 Å². The van der Waals surface area contributed by atoms with E-state index < -0.39 is 5.41 Å². The molecular formula is C9H14O2. The molecule has 0 rings (SSSR count). The number of allylic oxidation sites excluding steroid dienone is 2. The molecule has 2 heteroatoms. The van der Waals surface area contributed by atoms with Gasteiger partial charge >= 0.3 is 0 Å². The van der Waals surface area contributed by atoms with E-state index in [4.69, 9.17) is 5.11 Å². The van der Waals surface area contributed by atoms with Crippen molar-refractivity contribution >= 4 is 6.29 Å². The lowest BCUT2D eigenvalue weighted by Gasteiger charge is -2.21. The average molecular weight is 154 g/mol. The van der Waals surface area contributed by atoms with Crippen molar-refractivity contribution in [2.75, 3.05) is 6.61 Å². The van der Waals surface area contributed by atoms with Crippen LogP contribution in [0.4, 0.5) is 0 Å². The summed E-state index contributed by atoms with van der Waals surface area (Å²) >= 11 is 0. The summed E-state index contributed by atoms with van der Waals surface area (Å²) in [5.74, 6) is 0. The molecule has 0 aromatic carbocycles. The Morgan fingerprint density at radius 1 is 1.27 bits per heavy atom. The summed E-state index contributed by atoms with van der Waals surface area (Å²) in [5, 5.41) is 8.91. The average Bonchev–Trinajstić information content (AvgIpc) is 2.04. The minimum atomic E-state index is -0.677. The highest BCUT2D eigenvalue weighted by Gasteiger charge is 2.25. The van der Waals surface area contributed by atoms with Crippen molar-refractivity contribution in [3.63, 3.8) is 0 Å². The lowest BCUT2D eigenvalue weighted by molar-refractivity contribution is -0.118. The second kappa shape index (κ2) is 4.85. The number of hydrogen-bond acceptors (Lipinski definition) is 2.